The van der Waals surface area contributed by atoms with Gasteiger partial charge in [-0.3, -0.25) is 0 Å². The number of rotatable bonds is 2. The van der Waals surface area contributed by atoms with Crippen molar-refractivity contribution in [2.75, 3.05) is 24.5 Å². The van der Waals surface area contributed by atoms with Gasteiger partial charge in [-0.2, -0.15) is 0 Å². The van der Waals surface area contributed by atoms with Crippen LogP contribution < -0.4 is 15.0 Å². The Morgan fingerprint density at radius 1 is 1.10 bits per heavy atom. The van der Waals surface area contributed by atoms with Crippen molar-refractivity contribution < 1.29 is 17.9 Å². The summed E-state index contributed by atoms with van der Waals surface area (Å²) in [6.07, 6.45) is 0.223. The van der Waals surface area contributed by atoms with E-state index in [0.717, 1.165) is 25.3 Å². The quantitative estimate of drug-likeness (QED) is 0.907. The van der Waals surface area contributed by atoms with Gasteiger partial charge in [0.1, 0.15) is 5.75 Å². The maximum Gasteiger partial charge on any atom is 0.573 e. The van der Waals surface area contributed by atoms with Crippen LogP contribution in [-0.2, 0) is 0 Å². The molecule has 0 aromatic heterocycles. The van der Waals surface area contributed by atoms with Gasteiger partial charge in [0.25, 0.3) is 0 Å². The van der Waals surface area contributed by atoms with Crippen LogP contribution in [-0.4, -0.2) is 31.5 Å². The molecule has 1 aliphatic heterocycles. The highest BCUT2D eigenvalue weighted by Crippen LogP contribution is 2.34. The minimum atomic E-state index is -4.63. The summed E-state index contributed by atoms with van der Waals surface area (Å²) < 4.78 is 40.4. The SMILES string of the molecule is FC(F)(F)Oc1ccc(N2CCNC3(CCCC3)C2)cc1. The van der Waals surface area contributed by atoms with E-state index in [4.69, 9.17) is 0 Å². The fourth-order valence-corrected chi connectivity index (χ4v) is 3.42. The molecule has 3 rings (SSSR count). The maximum atomic E-state index is 12.2. The lowest BCUT2D eigenvalue weighted by Crippen LogP contribution is -2.59. The normalized spacial score (nSPS) is 21.8. The first-order valence-corrected chi connectivity index (χ1v) is 7.32. The molecule has 0 atom stereocenters. The summed E-state index contributed by atoms with van der Waals surface area (Å²) in [6.45, 7) is 2.72. The van der Waals surface area contributed by atoms with Crippen molar-refractivity contribution in [1.29, 1.82) is 0 Å². The van der Waals surface area contributed by atoms with E-state index in [2.05, 4.69) is 15.0 Å². The van der Waals surface area contributed by atoms with Crippen LogP contribution in [0.2, 0.25) is 0 Å². The lowest BCUT2D eigenvalue weighted by Gasteiger charge is -2.42. The van der Waals surface area contributed by atoms with Gasteiger partial charge in [-0.25, -0.2) is 0 Å². The summed E-state index contributed by atoms with van der Waals surface area (Å²) in [4.78, 5) is 2.25. The number of benzene rings is 1. The predicted molar refractivity (Wildman–Crippen MR) is 74.5 cm³/mol. The van der Waals surface area contributed by atoms with Crippen LogP contribution in [0.1, 0.15) is 25.7 Å². The summed E-state index contributed by atoms with van der Waals surface area (Å²) >= 11 is 0. The second-order valence-electron chi connectivity index (χ2n) is 5.88. The predicted octanol–water partition coefficient (Wildman–Crippen LogP) is 3.31. The molecular formula is C15H19F3N2O. The van der Waals surface area contributed by atoms with E-state index < -0.39 is 6.36 Å². The fourth-order valence-electron chi connectivity index (χ4n) is 3.42. The number of hydrogen-bond acceptors (Lipinski definition) is 3. The summed E-state index contributed by atoms with van der Waals surface area (Å²) in [5.41, 5.74) is 1.15. The van der Waals surface area contributed by atoms with E-state index in [-0.39, 0.29) is 11.3 Å². The van der Waals surface area contributed by atoms with Gasteiger partial charge in [0.15, 0.2) is 0 Å². The van der Waals surface area contributed by atoms with Crippen molar-refractivity contribution in [3.63, 3.8) is 0 Å². The smallest absolute Gasteiger partial charge is 0.406 e. The molecule has 3 nitrogen and oxygen atoms in total. The Bertz CT molecular complexity index is 481. The molecule has 116 valence electrons. The van der Waals surface area contributed by atoms with Gasteiger partial charge in [-0.15, -0.1) is 13.2 Å². The molecule has 21 heavy (non-hydrogen) atoms. The summed E-state index contributed by atoms with van der Waals surface area (Å²) in [7, 11) is 0. The maximum absolute atomic E-state index is 12.2. The van der Waals surface area contributed by atoms with Gasteiger partial charge in [0.05, 0.1) is 0 Å². The Kier molecular flexibility index (Phi) is 3.73. The molecule has 6 heteroatoms. The molecule has 0 bridgehead atoms. The Labute approximate surface area is 122 Å². The molecule has 1 aliphatic carbocycles. The largest absolute Gasteiger partial charge is 0.573 e. The molecule has 0 radical (unpaired) electrons. The van der Waals surface area contributed by atoms with Gasteiger partial charge in [-0.05, 0) is 37.1 Å². The van der Waals surface area contributed by atoms with Crippen LogP contribution in [0.5, 0.6) is 5.75 Å². The first-order valence-electron chi connectivity index (χ1n) is 7.32. The fraction of sp³-hybridized carbons (Fsp3) is 0.600. The van der Waals surface area contributed by atoms with Crippen molar-refractivity contribution in [2.24, 2.45) is 0 Å². The number of ether oxygens (including phenoxy) is 1. The van der Waals surface area contributed by atoms with E-state index in [1.54, 1.807) is 12.1 Å². The number of piperazine rings is 1. The summed E-state index contributed by atoms with van der Waals surface area (Å²) in [5, 5.41) is 3.62. The zero-order valence-electron chi connectivity index (χ0n) is 11.7. The van der Waals surface area contributed by atoms with Crippen LogP contribution in [0.25, 0.3) is 0 Å². The number of alkyl halides is 3. The van der Waals surface area contributed by atoms with Crippen LogP contribution >= 0.6 is 0 Å². The van der Waals surface area contributed by atoms with Gasteiger partial charge in [0.2, 0.25) is 0 Å². The first kappa shape index (κ1) is 14.5. The average Bonchev–Trinajstić information content (AvgIpc) is 2.86. The zero-order valence-corrected chi connectivity index (χ0v) is 11.7. The lowest BCUT2D eigenvalue weighted by atomic mass is 9.94. The molecule has 2 aliphatic rings. The second kappa shape index (κ2) is 5.40. The molecule has 1 N–H and O–H groups in total. The molecule has 0 unspecified atom stereocenters. The minimum Gasteiger partial charge on any atom is -0.406 e. The third-order valence-corrected chi connectivity index (χ3v) is 4.37. The number of nitrogens with one attached hydrogen (secondary N) is 1. The van der Waals surface area contributed by atoms with Gasteiger partial charge in [-0.1, -0.05) is 12.8 Å². The third-order valence-electron chi connectivity index (χ3n) is 4.37. The Hall–Kier alpha value is -1.43. The standard InChI is InChI=1S/C15H19F3N2O/c16-15(17,18)21-13-5-3-12(4-6-13)20-10-9-19-14(11-20)7-1-2-8-14/h3-6,19H,1-2,7-11H2. The van der Waals surface area contributed by atoms with Crippen LogP contribution in [0, 0.1) is 0 Å². The molecule has 2 fully saturated rings. The lowest BCUT2D eigenvalue weighted by molar-refractivity contribution is -0.274. The Morgan fingerprint density at radius 3 is 2.38 bits per heavy atom. The molecule has 0 amide bonds. The Morgan fingerprint density at radius 2 is 1.76 bits per heavy atom. The van der Waals surface area contributed by atoms with Crippen LogP contribution in [0.3, 0.4) is 0 Å². The zero-order chi connectivity index (χ0) is 14.9. The van der Waals surface area contributed by atoms with E-state index in [0.29, 0.717) is 0 Å². The molecule has 1 heterocycles. The molecular weight excluding hydrogens is 281 g/mol. The second-order valence-corrected chi connectivity index (χ2v) is 5.88. The summed E-state index contributed by atoms with van der Waals surface area (Å²) in [5.74, 6) is -0.169. The molecule has 1 aromatic carbocycles. The van der Waals surface area contributed by atoms with E-state index in [1.807, 2.05) is 0 Å². The Balaban J connectivity index is 1.69. The van der Waals surface area contributed by atoms with Crippen molar-refractivity contribution in [3.8, 4) is 5.75 Å². The highest BCUT2D eigenvalue weighted by atomic mass is 19.4. The highest BCUT2D eigenvalue weighted by Gasteiger charge is 2.37. The number of hydrogen-bond donors (Lipinski definition) is 1. The van der Waals surface area contributed by atoms with Crippen molar-refractivity contribution in [2.45, 2.75) is 37.6 Å². The van der Waals surface area contributed by atoms with Gasteiger partial charge < -0.3 is 15.0 Å². The van der Waals surface area contributed by atoms with Gasteiger partial charge in [0, 0.05) is 30.9 Å². The van der Waals surface area contributed by atoms with Crippen molar-refractivity contribution >= 4 is 5.69 Å². The van der Waals surface area contributed by atoms with Crippen molar-refractivity contribution in [1.82, 2.24) is 5.32 Å². The monoisotopic (exact) mass is 300 g/mol. The summed E-state index contributed by atoms with van der Waals surface area (Å²) in [6, 6.07) is 6.17. The van der Waals surface area contributed by atoms with Crippen LogP contribution in [0.4, 0.5) is 18.9 Å². The first-order chi connectivity index (χ1) is 9.96. The average molecular weight is 300 g/mol. The van der Waals surface area contributed by atoms with E-state index in [9.17, 15) is 13.2 Å². The van der Waals surface area contributed by atoms with Crippen molar-refractivity contribution in [3.05, 3.63) is 24.3 Å². The molecule has 1 saturated carbocycles. The number of halogens is 3. The van der Waals surface area contributed by atoms with Crippen LogP contribution in [0.15, 0.2) is 24.3 Å². The minimum absolute atomic E-state index is 0.169. The topological polar surface area (TPSA) is 24.5 Å². The number of nitrogens with zero attached hydrogens (tertiary/aromatic N) is 1. The van der Waals surface area contributed by atoms with E-state index in [1.165, 1.54) is 37.8 Å². The molecule has 1 saturated heterocycles. The highest BCUT2D eigenvalue weighted by molar-refractivity contribution is 5.50. The van der Waals surface area contributed by atoms with Gasteiger partial charge >= 0.3 is 6.36 Å². The third kappa shape index (κ3) is 3.43. The van der Waals surface area contributed by atoms with E-state index >= 15 is 0 Å². The molecule has 1 spiro atoms. The number of anilines is 1. The molecule has 1 aromatic rings.